The quantitative estimate of drug-likeness (QED) is 0.720. The fourth-order valence-electron chi connectivity index (χ4n) is 3.56. The fraction of sp³-hybridized carbons (Fsp3) is 0.474. The van der Waals surface area contributed by atoms with E-state index in [-0.39, 0.29) is 0 Å². The molecule has 0 bridgehead atoms. The largest absolute Gasteiger partial charge is 0.416 e. The number of hydrogen-bond donors (Lipinski definition) is 1. The van der Waals surface area contributed by atoms with Crippen molar-refractivity contribution < 1.29 is 21.6 Å². The molecule has 0 atom stereocenters. The Morgan fingerprint density at radius 1 is 1.13 bits per heavy atom. The van der Waals surface area contributed by atoms with Crippen molar-refractivity contribution in [2.24, 2.45) is 14.1 Å². The molecule has 0 unspecified atom stereocenters. The molecule has 0 radical (unpaired) electrons. The summed E-state index contributed by atoms with van der Waals surface area (Å²) >= 11 is 0. The van der Waals surface area contributed by atoms with Crippen molar-refractivity contribution in [3.8, 4) is 0 Å². The van der Waals surface area contributed by atoms with Gasteiger partial charge >= 0.3 is 11.9 Å². The van der Waals surface area contributed by atoms with Crippen LogP contribution in [0.3, 0.4) is 0 Å². The number of halogens is 3. The monoisotopic (exact) mass is 460 g/mol. The second-order valence-electron chi connectivity index (χ2n) is 7.62. The van der Waals surface area contributed by atoms with Gasteiger partial charge in [-0.15, -0.1) is 0 Å². The van der Waals surface area contributed by atoms with Crippen LogP contribution < -0.4 is 16.0 Å². The van der Waals surface area contributed by atoms with Crippen LogP contribution in [0, 0.1) is 0 Å². The van der Waals surface area contributed by atoms with Crippen molar-refractivity contribution in [2.75, 3.05) is 13.1 Å². The predicted octanol–water partition coefficient (Wildman–Crippen LogP) is 1.05. The van der Waals surface area contributed by atoms with Gasteiger partial charge in [0.25, 0.3) is 5.56 Å². The molecule has 1 fully saturated rings. The Balaban J connectivity index is 1.64. The van der Waals surface area contributed by atoms with Crippen molar-refractivity contribution in [3.05, 3.63) is 62.4 Å². The van der Waals surface area contributed by atoms with Crippen LogP contribution in [-0.4, -0.2) is 41.6 Å². The van der Waals surface area contributed by atoms with Gasteiger partial charge in [-0.2, -0.15) is 13.2 Å². The number of alkyl halides is 3. The number of aromatic nitrogens is 2. The Hall–Kier alpha value is -2.44. The average Bonchev–Trinajstić information content (AvgIpc) is 2.70. The second kappa shape index (κ2) is 8.60. The molecule has 1 aromatic carbocycles. The first-order valence-corrected chi connectivity index (χ1v) is 11.0. The molecule has 8 nitrogen and oxygen atoms in total. The maximum absolute atomic E-state index is 12.9. The molecule has 12 heteroatoms. The first-order chi connectivity index (χ1) is 14.4. The van der Waals surface area contributed by atoms with E-state index in [0.717, 1.165) is 27.5 Å². The summed E-state index contributed by atoms with van der Waals surface area (Å²) in [5, 5.41) is 0. The van der Waals surface area contributed by atoms with Crippen LogP contribution in [0.4, 0.5) is 13.2 Å². The molecule has 0 spiro atoms. The number of sulfonamides is 1. The van der Waals surface area contributed by atoms with E-state index in [1.807, 2.05) is 4.90 Å². The summed E-state index contributed by atoms with van der Waals surface area (Å²) in [5.41, 5.74) is -1.71. The van der Waals surface area contributed by atoms with Crippen molar-refractivity contribution in [2.45, 2.75) is 36.5 Å². The standard InChI is InChI=1S/C19H23F3N4O4S/c1-24-12-16(17(27)25(2)18(24)28)31(29,30)23-15-6-8-26(9-7-15)11-13-4-3-5-14(10-13)19(20,21)22/h3-5,10,12,15,23H,6-9,11H2,1-2H3. The van der Waals surface area contributed by atoms with E-state index < -0.39 is 43.9 Å². The van der Waals surface area contributed by atoms with Crippen LogP contribution in [0.5, 0.6) is 0 Å². The second-order valence-corrected chi connectivity index (χ2v) is 9.30. The zero-order valence-electron chi connectivity index (χ0n) is 17.0. The Morgan fingerprint density at radius 3 is 2.39 bits per heavy atom. The zero-order chi connectivity index (χ0) is 23.0. The average molecular weight is 460 g/mol. The van der Waals surface area contributed by atoms with E-state index in [1.54, 1.807) is 6.07 Å². The minimum atomic E-state index is -4.40. The lowest BCUT2D eigenvalue weighted by Gasteiger charge is -2.32. The number of likely N-dealkylation sites (tertiary alicyclic amines) is 1. The number of hydrogen-bond acceptors (Lipinski definition) is 5. The Bertz CT molecular complexity index is 1180. The lowest BCUT2D eigenvalue weighted by atomic mass is 10.0. The van der Waals surface area contributed by atoms with Gasteiger partial charge in [-0.25, -0.2) is 17.9 Å². The van der Waals surface area contributed by atoms with Crippen molar-refractivity contribution in [3.63, 3.8) is 0 Å². The first kappa shape index (κ1) is 23.2. The van der Waals surface area contributed by atoms with Crippen LogP contribution in [-0.2, 0) is 36.8 Å². The number of rotatable bonds is 5. The number of piperidine rings is 1. The highest BCUT2D eigenvalue weighted by molar-refractivity contribution is 7.89. The van der Waals surface area contributed by atoms with Crippen molar-refractivity contribution in [1.82, 2.24) is 18.8 Å². The van der Waals surface area contributed by atoms with Crippen LogP contribution in [0.2, 0.25) is 0 Å². The van der Waals surface area contributed by atoms with Gasteiger partial charge in [-0.1, -0.05) is 18.2 Å². The minimum Gasteiger partial charge on any atom is -0.302 e. The fourth-order valence-corrected chi connectivity index (χ4v) is 5.02. The maximum Gasteiger partial charge on any atom is 0.416 e. The lowest BCUT2D eigenvalue weighted by Crippen LogP contribution is -2.47. The molecule has 2 heterocycles. The van der Waals surface area contributed by atoms with Crippen molar-refractivity contribution in [1.29, 1.82) is 0 Å². The van der Waals surface area contributed by atoms with Crippen LogP contribution in [0.25, 0.3) is 0 Å². The van der Waals surface area contributed by atoms with E-state index in [4.69, 9.17) is 0 Å². The number of benzene rings is 1. The van der Waals surface area contributed by atoms with E-state index in [0.29, 0.717) is 38.0 Å². The molecule has 1 aliphatic heterocycles. The van der Waals surface area contributed by atoms with Crippen LogP contribution in [0.15, 0.2) is 44.9 Å². The third-order valence-electron chi connectivity index (χ3n) is 5.27. The summed E-state index contributed by atoms with van der Waals surface area (Å²) < 4.78 is 68.2. The van der Waals surface area contributed by atoms with Gasteiger partial charge in [0.05, 0.1) is 5.56 Å². The lowest BCUT2D eigenvalue weighted by molar-refractivity contribution is -0.137. The molecule has 170 valence electrons. The van der Waals surface area contributed by atoms with Gasteiger partial charge in [-0.3, -0.25) is 14.3 Å². The number of aryl methyl sites for hydroxylation is 1. The third-order valence-corrected chi connectivity index (χ3v) is 6.78. The molecule has 31 heavy (non-hydrogen) atoms. The highest BCUT2D eigenvalue weighted by Crippen LogP contribution is 2.30. The van der Waals surface area contributed by atoms with E-state index >= 15 is 0 Å². The van der Waals surface area contributed by atoms with E-state index in [2.05, 4.69) is 4.72 Å². The van der Waals surface area contributed by atoms with Gasteiger partial charge in [0.1, 0.15) is 0 Å². The topological polar surface area (TPSA) is 93.4 Å². The smallest absolute Gasteiger partial charge is 0.302 e. The summed E-state index contributed by atoms with van der Waals surface area (Å²) in [6.07, 6.45) is -2.54. The molecule has 0 aliphatic carbocycles. The molecular weight excluding hydrogens is 437 g/mol. The molecule has 1 N–H and O–H groups in total. The molecule has 1 saturated heterocycles. The zero-order valence-corrected chi connectivity index (χ0v) is 17.8. The summed E-state index contributed by atoms with van der Waals surface area (Å²) in [4.78, 5) is 25.4. The molecule has 1 aromatic heterocycles. The minimum absolute atomic E-state index is 0.324. The van der Waals surface area contributed by atoms with Gasteiger partial charge in [-0.05, 0) is 24.5 Å². The van der Waals surface area contributed by atoms with Crippen molar-refractivity contribution >= 4 is 10.0 Å². The van der Waals surface area contributed by atoms with E-state index in [1.165, 1.54) is 20.2 Å². The third kappa shape index (κ3) is 5.25. The first-order valence-electron chi connectivity index (χ1n) is 9.56. The van der Waals surface area contributed by atoms with Gasteiger partial charge in [0, 0.05) is 46.0 Å². The normalized spacial score (nSPS) is 16.5. The SMILES string of the molecule is Cn1cc(S(=O)(=O)NC2CCN(Cc3cccc(C(F)(F)F)c3)CC2)c(=O)n(C)c1=O. The highest BCUT2D eigenvalue weighted by Gasteiger charge is 2.31. The Kier molecular flexibility index (Phi) is 6.44. The maximum atomic E-state index is 12.9. The number of nitrogens with zero attached hydrogens (tertiary/aromatic N) is 3. The molecule has 0 amide bonds. The van der Waals surface area contributed by atoms with Gasteiger partial charge < -0.3 is 4.57 Å². The molecule has 0 saturated carbocycles. The highest BCUT2D eigenvalue weighted by atomic mass is 32.2. The number of nitrogens with one attached hydrogen (secondary N) is 1. The molecular formula is C19H23F3N4O4S. The Labute approximate surface area is 177 Å². The Morgan fingerprint density at radius 2 is 1.77 bits per heavy atom. The predicted molar refractivity (Wildman–Crippen MR) is 107 cm³/mol. The van der Waals surface area contributed by atoms with E-state index in [9.17, 15) is 31.2 Å². The summed E-state index contributed by atoms with van der Waals surface area (Å²) in [6.45, 7) is 1.29. The van der Waals surface area contributed by atoms with Gasteiger partial charge in [0.15, 0.2) is 4.90 Å². The van der Waals surface area contributed by atoms with Crippen LogP contribution >= 0.6 is 0 Å². The van der Waals surface area contributed by atoms with Gasteiger partial charge in [0.2, 0.25) is 10.0 Å². The summed E-state index contributed by atoms with van der Waals surface area (Å²) in [7, 11) is -1.58. The molecule has 3 rings (SSSR count). The molecule has 1 aliphatic rings. The summed E-state index contributed by atoms with van der Waals surface area (Å²) in [5.74, 6) is 0. The van der Waals surface area contributed by atoms with Crippen LogP contribution in [0.1, 0.15) is 24.0 Å². The molecule has 2 aromatic rings. The summed E-state index contributed by atoms with van der Waals surface area (Å²) in [6, 6.07) is 4.70.